The van der Waals surface area contributed by atoms with Gasteiger partial charge in [0.2, 0.25) is 18.0 Å². The highest BCUT2D eigenvalue weighted by atomic mass is 35.5. The summed E-state index contributed by atoms with van der Waals surface area (Å²) < 4.78 is 13.9. The van der Waals surface area contributed by atoms with Crippen LogP contribution in [-0.4, -0.2) is 29.6 Å². The summed E-state index contributed by atoms with van der Waals surface area (Å²) in [7, 11) is 0. The zero-order valence-corrected chi connectivity index (χ0v) is 27.7. The predicted octanol–water partition coefficient (Wildman–Crippen LogP) is 7.31. The number of rotatable bonds is 12. The van der Waals surface area contributed by atoms with E-state index in [1.807, 2.05) is 92.7 Å². The number of benzene rings is 4. The molecule has 0 saturated carbocycles. The van der Waals surface area contributed by atoms with Crippen molar-refractivity contribution in [3.8, 4) is 11.1 Å². The summed E-state index contributed by atoms with van der Waals surface area (Å²) in [5.41, 5.74) is 10.7. The quantitative estimate of drug-likeness (QED) is 0.155. The van der Waals surface area contributed by atoms with Crippen LogP contribution >= 0.6 is 11.6 Å². The van der Waals surface area contributed by atoms with Gasteiger partial charge < -0.3 is 16.0 Å². The maximum Gasteiger partial charge on any atom is 0.272 e. The van der Waals surface area contributed by atoms with Gasteiger partial charge >= 0.3 is 0 Å². The number of amides is 3. The molecule has 3 atom stereocenters. The van der Waals surface area contributed by atoms with Gasteiger partial charge in [-0.2, -0.15) is 0 Å². The van der Waals surface area contributed by atoms with Crippen LogP contribution in [-0.2, 0) is 20.9 Å². The van der Waals surface area contributed by atoms with Crippen LogP contribution in [0.1, 0.15) is 43.4 Å². The Bertz CT molecular complexity index is 1860. The van der Waals surface area contributed by atoms with Crippen LogP contribution < -0.4 is 16.0 Å². The molecule has 48 heavy (non-hydrogen) atoms. The molecule has 7 nitrogen and oxygen atoms in total. The topological polar surface area (TPSA) is 105 Å². The molecule has 4 aromatic carbocycles. The van der Waals surface area contributed by atoms with Gasteiger partial charge in [-0.3, -0.25) is 14.4 Å². The van der Waals surface area contributed by atoms with E-state index < -0.39 is 41.5 Å². The monoisotopic (exact) mass is 664 g/mol. The maximum atomic E-state index is 14.6. The second-order valence-corrected chi connectivity index (χ2v) is 12.7. The Morgan fingerprint density at radius 1 is 0.958 bits per heavy atom. The number of fused-ring (bicyclic) bond motifs is 1. The fraction of sp³-hybridized carbons (Fsp3) is 0.231. The van der Waals surface area contributed by atoms with Gasteiger partial charge in [-0.15, -0.1) is 6.58 Å². The highest BCUT2D eigenvalue weighted by molar-refractivity contribution is 6.31. The van der Waals surface area contributed by atoms with Crippen LogP contribution in [0.2, 0.25) is 5.02 Å². The zero-order chi connectivity index (χ0) is 34.4. The normalized spacial score (nSPS) is 15.6. The van der Waals surface area contributed by atoms with E-state index in [-0.39, 0.29) is 23.9 Å². The van der Waals surface area contributed by atoms with Crippen molar-refractivity contribution in [3.05, 3.63) is 137 Å². The molecule has 1 aliphatic heterocycles. The summed E-state index contributed by atoms with van der Waals surface area (Å²) in [6.07, 6.45) is 0.884. The van der Waals surface area contributed by atoms with Crippen molar-refractivity contribution in [2.24, 2.45) is 28.5 Å². The van der Waals surface area contributed by atoms with Crippen molar-refractivity contribution >= 4 is 40.7 Å². The molecule has 0 spiro atoms. The Labute approximate surface area is 285 Å². The third-order valence-electron chi connectivity index (χ3n) is 8.39. The van der Waals surface area contributed by atoms with E-state index in [1.165, 1.54) is 6.07 Å². The Balaban J connectivity index is 1.58. The number of carbonyl (C=O) groups excluding carboxylic acids is 3. The lowest BCUT2D eigenvalue weighted by molar-refractivity contribution is -0.135. The second kappa shape index (κ2) is 15.2. The number of halogens is 2. The second-order valence-electron chi connectivity index (χ2n) is 12.3. The van der Waals surface area contributed by atoms with Crippen LogP contribution in [0.4, 0.5) is 10.1 Å². The molecule has 1 heterocycles. The molecule has 1 unspecified atom stereocenters. The van der Waals surface area contributed by atoms with Crippen LogP contribution in [0.5, 0.6) is 0 Å². The molecule has 0 aromatic heterocycles. The molecule has 9 heteroatoms. The number of aliphatic imine (C=N–C) groups is 1. The standard InChI is InChI=1S/C39H38ClFN4O3/c1-4-11-29(36(42)46)31(20-24(2)3)38(47)44-37-39(48)45(23-25-12-10-15-27(21-25)28-18-19-33(41)32(40)22-28)34-17-9-8-16-30(34)35(43-37)26-13-6-5-7-14-26/h4-10,12-19,21-22,24,29,31,37H,1,11,20,23H2,2-3H3,(H2,42,46)(H,44,47)/t29-,31+,37?/m0/s1. The largest absolute Gasteiger partial charge is 0.369 e. The average Bonchev–Trinajstić information content (AvgIpc) is 3.18. The number of benzodiazepines with no additional fused rings is 1. The molecule has 4 aromatic rings. The van der Waals surface area contributed by atoms with Crippen molar-refractivity contribution in [2.45, 2.75) is 39.4 Å². The third-order valence-corrected chi connectivity index (χ3v) is 8.68. The first-order valence-electron chi connectivity index (χ1n) is 15.9. The summed E-state index contributed by atoms with van der Waals surface area (Å²) in [6, 6.07) is 29.1. The number of anilines is 1. The van der Waals surface area contributed by atoms with E-state index in [9.17, 15) is 18.8 Å². The molecule has 246 valence electrons. The van der Waals surface area contributed by atoms with Gasteiger partial charge in [-0.1, -0.05) is 104 Å². The number of nitrogens with two attached hydrogens (primary N) is 1. The Hall–Kier alpha value is -5.08. The number of primary amides is 1. The van der Waals surface area contributed by atoms with Crippen molar-refractivity contribution in [3.63, 3.8) is 0 Å². The minimum Gasteiger partial charge on any atom is -0.369 e. The van der Waals surface area contributed by atoms with Gasteiger partial charge in [-0.05, 0) is 59.7 Å². The zero-order valence-electron chi connectivity index (χ0n) is 26.9. The van der Waals surface area contributed by atoms with E-state index >= 15 is 0 Å². The molecular weight excluding hydrogens is 627 g/mol. The van der Waals surface area contributed by atoms with E-state index in [0.29, 0.717) is 17.8 Å². The Kier molecular flexibility index (Phi) is 10.9. The summed E-state index contributed by atoms with van der Waals surface area (Å²) in [6.45, 7) is 7.82. The minimum absolute atomic E-state index is 0.0149. The first-order valence-corrected chi connectivity index (χ1v) is 16.2. The smallest absolute Gasteiger partial charge is 0.272 e. The summed E-state index contributed by atoms with van der Waals surface area (Å²) >= 11 is 6.07. The number of nitrogens with zero attached hydrogens (tertiary/aromatic N) is 2. The lowest BCUT2D eigenvalue weighted by atomic mass is 9.82. The summed E-state index contributed by atoms with van der Waals surface area (Å²) in [4.78, 5) is 47.6. The van der Waals surface area contributed by atoms with Gasteiger partial charge in [0.15, 0.2) is 0 Å². The number of carbonyl (C=O) groups is 3. The molecule has 1 aliphatic rings. The fourth-order valence-electron chi connectivity index (χ4n) is 6.08. The summed E-state index contributed by atoms with van der Waals surface area (Å²) in [5, 5.41) is 2.91. The lowest BCUT2D eigenvalue weighted by Crippen LogP contribution is -2.50. The first kappa shape index (κ1) is 34.3. The predicted molar refractivity (Wildman–Crippen MR) is 189 cm³/mol. The number of para-hydroxylation sites is 1. The van der Waals surface area contributed by atoms with Crippen LogP contribution in [0, 0.1) is 23.6 Å². The van der Waals surface area contributed by atoms with Crippen LogP contribution in [0.3, 0.4) is 0 Å². The van der Waals surface area contributed by atoms with Crippen LogP contribution in [0.25, 0.3) is 11.1 Å². The number of hydrogen-bond acceptors (Lipinski definition) is 4. The third kappa shape index (κ3) is 7.72. The maximum absolute atomic E-state index is 14.6. The molecule has 5 rings (SSSR count). The highest BCUT2D eigenvalue weighted by Gasteiger charge is 2.37. The van der Waals surface area contributed by atoms with Gasteiger partial charge in [0.25, 0.3) is 5.91 Å². The van der Waals surface area contributed by atoms with E-state index in [2.05, 4.69) is 11.9 Å². The van der Waals surface area contributed by atoms with E-state index in [1.54, 1.807) is 23.1 Å². The molecule has 3 N–H and O–H groups in total. The van der Waals surface area contributed by atoms with Crippen molar-refractivity contribution < 1.29 is 18.8 Å². The fourth-order valence-corrected chi connectivity index (χ4v) is 6.26. The van der Waals surface area contributed by atoms with Gasteiger partial charge in [0.1, 0.15) is 5.82 Å². The molecule has 3 amide bonds. The van der Waals surface area contributed by atoms with Gasteiger partial charge in [-0.25, -0.2) is 9.38 Å². The van der Waals surface area contributed by atoms with E-state index in [0.717, 1.165) is 27.8 Å². The highest BCUT2D eigenvalue weighted by Crippen LogP contribution is 2.32. The number of nitrogens with one attached hydrogen (secondary N) is 1. The molecule has 0 fully saturated rings. The van der Waals surface area contributed by atoms with Crippen molar-refractivity contribution in [2.75, 3.05) is 4.90 Å². The van der Waals surface area contributed by atoms with Crippen molar-refractivity contribution in [1.82, 2.24) is 5.32 Å². The van der Waals surface area contributed by atoms with Crippen molar-refractivity contribution in [1.29, 1.82) is 0 Å². The minimum atomic E-state index is -1.30. The van der Waals surface area contributed by atoms with E-state index in [4.69, 9.17) is 22.3 Å². The number of allylic oxidation sites excluding steroid dienone is 1. The number of hydrogen-bond donors (Lipinski definition) is 2. The first-order chi connectivity index (χ1) is 23.1. The van der Waals surface area contributed by atoms with Gasteiger partial charge in [0.05, 0.1) is 34.8 Å². The molecular formula is C39H38ClFN4O3. The summed E-state index contributed by atoms with van der Waals surface area (Å²) in [5.74, 6) is -3.55. The molecule has 0 bridgehead atoms. The Morgan fingerprint density at radius 2 is 1.65 bits per heavy atom. The lowest BCUT2D eigenvalue weighted by Gasteiger charge is -2.28. The van der Waals surface area contributed by atoms with Gasteiger partial charge in [0, 0.05) is 11.1 Å². The SMILES string of the molecule is C=CC[C@H](C(N)=O)[C@@H](CC(C)C)C(=O)NC1N=C(c2ccccc2)c2ccccc2N(Cc2cccc(-c3ccc(F)c(Cl)c3)c2)C1=O. The molecule has 0 saturated heterocycles. The van der Waals surface area contributed by atoms with Crippen LogP contribution in [0.15, 0.2) is 115 Å². The molecule has 0 aliphatic carbocycles. The Morgan fingerprint density at radius 3 is 2.33 bits per heavy atom. The average molecular weight is 665 g/mol. The molecule has 0 radical (unpaired) electrons.